The summed E-state index contributed by atoms with van der Waals surface area (Å²) in [5, 5.41) is 3.82. The van der Waals surface area contributed by atoms with Crippen LogP contribution in [-0.2, 0) is 6.42 Å². The minimum Gasteiger partial charge on any atom is -0.314 e. The maximum Gasteiger partial charge on any atom is 0.0104 e. The van der Waals surface area contributed by atoms with Gasteiger partial charge in [-0.2, -0.15) is 0 Å². The van der Waals surface area contributed by atoms with E-state index in [-0.39, 0.29) is 0 Å². The minimum atomic E-state index is 0.756. The van der Waals surface area contributed by atoms with Gasteiger partial charge in [0.15, 0.2) is 0 Å². The lowest BCUT2D eigenvalue weighted by Gasteiger charge is -2.18. The second-order valence-electron chi connectivity index (χ2n) is 6.35. The van der Waals surface area contributed by atoms with Crippen molar-refractivity contribution in [1.82, 2.24) is 5.32 Å². The van der Waals surface area contributed by atoms with Gasteiger partial charge in [0.05, 0.1) is 0 Å². The van der Waals surface area contributed by atoms with Crippen LogP contribution in [0.4, 0.5) is 0 Å². The second kappa shape index (κ2) is 5.66. The van der Waals surface area contributed by atoms with Gasteiger partial charge >= 0.3 is 0 Å². The Labute approximate surface area is 117 Å². The Balaban J connectivity index is 1.74. The SMILES string of the molecule is CCCNC(CCC)C1C2CCc3ccccc3C21. The van der Waals surface area contributed by atoms with E-state index in [1.165, 1.54) is 38.6 Å². The zero-order chi connectivity index (χ0) is 13.2. The highest BCUT2D eigenvalue weighted by molar-refractivity contribution is 5.40. The summed E-state index contributed by atoms with van der Waals surface area (Å²) in [6.07, 6.45) is 6.62. The highest BCUT2D eigenvalue weighted by atomic mass is 14.9. The second-order valence-corrected chi connectivity index (χ2v) is 6.35. The number of rotatable bonds is 6. The Kier molecular flexibility index (Phi) is 3.93. The number of hydrogen-bond acceptors (Lipinski definition) is 1. The predicted molar refractivity (Wildman–Crippen MR) is 81.5 cm³/mol. The van der Waals surface area contributed by atoms with Crippen LogP contribution >= 0.6 is 0 Å². The molecule has 1 heteroatoms. The Hall–Kier alpha value is -0.820. The van der Waals surface area contributed by atoms with Gasteiger partial charge in [-0.1, -0.05) is 44.5 Å². The molecular weight excluding hydrogens is 230 g/mol. The molecule has 4 unspecified atom stereocenters. The average Bonchev–Trinajstić information content (AvgIpc) is 3.18. The van der Waals surface area contributed by atoms with Gasteiger partial charge in [-0.3, -0.25) is 0 Å². The molecule has 1 aromatic carbocycles. The van der Waals surface area contributed by atoms with E-state index in [9.17, 15) is 0 Å². The molecule has 1 N–H and O–H groups in total. The lowest BCUT2D eigenvalue weighted by molar-refractivity contribution is 0.407. The number of nitrogens with one attached hydrogen (secondary N) is 1. The monoisotopic (exact) mass is 257 g/mol. The fraction of sp³-hybridized carbons (Fsp3) is 0.667. The van der Waals surface area contributed by atoms with Crippen LogP contribution in [0, 0.1) is 11.8 Å². The Morgan fingerprint density at radius 1 is 1.21 bits per heavy atom. The molecule has 0 aromatic heterocycles. The number of aryl methyl sites for hydroxylation is 1. The van der Waals surface area contributed by atoms with E-state index >= 15 is 0 Å². The maximum absolute atomic E-state index is 3.82. The summed E-state index contributed by atoms with van der Waals surface area (Å²) in [5.74, 6) is 2.75. The first-order valence-electron chi connectivity index (χ1n) is 8.18. The van der Waals surface area contributed by atoms with Crippen molar-refractivity contribution in [2.24, 2.45) is 11.8 Å². The standard InChI is InChI=1S/C18H27N/c1-3-7-16(19-12-4-2)18-15-11-10-13-8-5-6-9-14(13)17(15)18/h5-6,8-9,15-19H,3-4,7,10-12H2,1-2H3. The van der Waals surface area contributed by atoms with Crippen molar-refractivity contribution in [2.75, 3.05) is 6.54 Å². The minimum absolute atomic E-state index is 0.756. The summed E-state index contributed by atoms with van der Waals surface area (Å²) in [5.41, 5.74) is 3.29. The van der Waals surface area contributed by atoms with Crippen LogP contribution in [0.5, 0.6) is 0 Å². The molecular formula is C18H27N. The van der Waals surface area contributed by atoms with Crippen LogP contribution in [0.3, 0.4) is 0 Å². The van der Waals surface area contributed by atoms with E-state index in [4.69, 9.17) is 0 Å². The van der Waals surface area contributed by atoms with Crippen molar-refractivity contribution in [1.29, 1.82) is 0 Å². The third-order valence-electron chi connectivity index (χ3n) is 5.11. The van der Waals surface area contributed by atoms with Gasteiger partial charge in [0.1, 0.15) is 0 Å². The molecule has 1 nitrogen and oxygen atoms in total. The van der Waals surface area contributed by atoms with Crippen LogP contribution in [0.15, 0.2) is 24.3 Å². The van der Waals surface area contributed by atoms with Crippen LogP contribution < -0.4 is 5.32 Å². The third-order valence-corrected chi connectivity index (χ3v) is 5.11. The molecule has 1 aromatic rings. The zero-order valence-corrected chi connectivity index (χ0v) is 12.4. The molecule has 0 heterocycles. The number of benzene rings is 1. The molecule has 0 aliphatic heterocycles. The van der Waals surface area contributed by atoms with Crippen LogP contribution in [-0.4, -0.2) is 12.6 Å². The van der Waals surface area contributed by atoms with Crippen molar-refractivity contribution in [3.05, 3.63) is 35.4 Å². The summed E-state index contributed by atoms with van der Waals surface area (Å²) in [6.45, 7) is 5.77. The summed E-state index contributed by atoms with van der Waals surface area (Å²) in [4.78, 5) is 0. The molecule has 3 rings (SSSR count). The molecule has 19 heavy (non-hydrogen) atoms. The molecule has 0 spiro atoms. The molecule has 0 bridgehead atoms. The molecule has 2 aliphatic carbocycles. The maximum atomic E-state index is 3.82. The first-order valence-corrected chi connectivity index (χ1v) is 8.18. The van der Waals surface area contributed by atoms with E-state index in [1.54, 1.807) is 11.1 Å². The highest BCUT2D eigenvalue weighted by Gasteiger charge is 2.55. The lowest BCUT2D eigenvalue weighted by atomic mass is 9.92. The van der Waals surface area contributed by atoms with Crippen LogP contribution in [0.2, 0.25) is 0 Å². The van der Waals surface area contributed by atoms with E-state index < -0.39 is 0 Å². The van der Waals surface area contributed by atoms with E-state index in [2.05, 4.69) is 43.4 Å². The quantitative estimate of drug-likeness (QED) is 0.808. The van der Waals surface area contributed by atoms with Crippen LogP contribution in [0.25, 0.3) is 0 Å². The predicted octanol–water partition coefficient (Wildman–Crippen LogP) is 4.13. The summed E-state index contributed by atoms with van der Waals surface area (Å²) < 4.78 is 0. The topological polar surface area (TPSA) is 12.0 Å². The molecule has 0 amide bonds. The molecule has 0 saturated heterocycles. The molecule has 104 valence electrons. The smallest absolute Gasteiger partial charge is 0.0104 e. The average molecular weight is 257 g/mol. The Morgan fingerprint density at radius 3 is 2.84 bits per heavy atom. The fourth-order valence-electron chi connectivity index (χ4n) is 4.24. The van der Waals surface area contributed by atoms with Gasteiger partial charge in [0, 0.05) is 6.04 Å². The first-order chi connectivity index (χ1) is 9.36. The van der Waals surface area contributed by atoms with Crippen molar-refractivity contribution < 1.29 is 0 Å². The van der Waals surface area contributed by atoms with Gasteiger partial charge in [0.2, 0.25) is 0 Å². The first kappa shape index (κ1) is 13.2. The van der Waals surface area contributed by atoms with E-state index in [0.717, 1.165) is 23.8 Å². The Morgan fingerprint density at radius 2 is 2.05 bits per heavy atom. The molecule has 1 fully saturated rings. The van der Waals surface area contributed by atoms with Crippen molar-refractivity contribution in [2.45, 2.75) is 57.9 Å². The van der Waals surface area contributed by atoms with Gasteiger partial charge in [-0.05, 0) is 61.1 Å². The largest absolute Gasteiger partial charge is 0.314 e. The third kappa shape index (κ3) is 2.45. The molecule has 1 saturated carbocycles. The molecule has 2 aliphatic rings. The fourth-order valence-corrected chi connectivity index (χ4v) is 4.24. The summed E-state index contributed by atoms with van der Waals surface area (Å²) in [6, 6.07) is 9.91. The van der Waals surface area contributed by atoms with Gasteiger partial charge in [-0.15, -0.1) is 0 Å². The zero-order valence-electron chi connectivity index (χ0n) is 12.4. The van der Waals surface area contributed by atoms with E-state index in [1.807, 2.05) is 0 Å². The van der Waals surface area contributed by atoms with Crippen molar-refractivity contribution in [3.8, 4) is 0 Å². The van der Waals surface area contributed by atoms with Gasteiger partial charge in [0.25, 0.3) is 0 Å². The van der Waals surface area contributed by atoms with Crippen molar-refractivity contribution >= 4 is 0 Å². The number of hydrogen-bond donors (Lipinski definition) is 1. The van der Waals surface area contributed by atoms with Crippen molar-refractivity contribution in [3.63, 3.8) is 0 Å². The summed E-state index contributed by atoms with van der Waals surface area (Å²) in [7, 11) is 0. The van der Waals surface area contributed by atoms with Gasteiger partial charge < -0.3 is 5.32 Å². The molecule has 4 atom stereocenters. The van der Waals surface area contributed by atoms with Gasteiger partial charge in [-0.25, -0.2) is 0 Å². The normalized spacial score (nSPS) is 29.5. The van der Waals surface area contributed by atoms with Crippen LogP contribution in [0.1, 0.15) is 56.6 Å². The highest BCUT2D eigenvalue weighted by Crippen LogP contribution is 2.61. The summed E-state index contributed by atoms with van der Waals surface area (Å²) >= 11 is 0. The molecule has 0 radical (unpaired) electrons. The lowest BCUT2D eigenvalue weighted by Crippen LogP contribution is -2.32. The Bertz CT molecular complexity index is 425. The van der Waals surface area contributed by atoms with E-state index in [0.29, 0.717) is 0 Å². The number of fused-ring (bicyclic) bond motifs is 3.